The van der Waals surface area contributed by atoms with Crippen LogP contribution in [0.15, 0.2) is 114 Å². The van der Waals surface area contributed by atoms with Gasteiger partial charge in [-0.15, -0.1) is 0 Å². The Balaban J connectivity index is 1.52. The highest BCUT2D eigenvalue weighted by Gasteiger charge is 2.27. The first-order valence-corrected chi connectivity index (χ1v) is 14.2. The Morgan fingerprint density at radius 3 is 2.34 bits per heavy atom. The van der Waals surface area contributed by atoms with Crippen molar-refractivity contribution in [1.82, 2.24) is 19.9 Å². The summed E-state index contributed by atoms with van der Waals surface area (Å²) < 4.78 is 1.61. The molecule has 6 aromatic rings. The maximum Gasteiger partial charge on any atom is 0.280 e. The van der Waals surface area contributed by atoms with Crippen LogP contribution in [-0.2, 0) is 4.79 Å². The zero-order chi connectivity index (χ0) is 28.2. The molecule has 1 unspecified atom stereocenters. The van der Waals surface area contributed by atoms with Crippen molar-refractivity contribution >= 4 is 27.8 Å². The van der Waals surface area contributed by atoms with Crippen LogP contribution in [0.1, 0.15) is 37.8 Å². The molecule has 0 spiro atoms. The smallest absolute Gasteiger partial charge is 0.280 e. The lowest BCUT2D eigenvalue weighted by Gasteiger charge is -2.23. The molecule has 2 N–H and O–H groups in total. The third-order valence-electron chi connectivity index (χ3n) is 7.50. The summed E-state index contributed by atoms with van der Waals surface area (Å²) in [6, 6.07) is 34.5. The number of amides is 1. The lowest BCUT2D eigenvalue weighted by atomic mass is 9.99. The number of para-hydroxylation sites is 3. The van der Waals surface area contributed by atoms with Crippen molar-refractivity contribution in [3.05, 3.63) is 125 Å². The fourth-order valence-electron chi connectivity index (χ4n) is 5.38. The van der Waals surface area contributed by atoms with Gasteiger partial charge in [0.15, 0.2) is 5.69 Å². The van der Waals surface area contributed by atoms with E-state index in [1.807, 2.05) is 97.1 Å². The molecule has 0 saturated heterocycles. The Labute approximate surface area is 238 Å². The first kappa shape index (κ1) is 26.3. The standard InChI is InChI=1S/C35H32N4O2/c1-2-3-11-22-36-34(40)33(26-20-18-25(19-21-26)24-12-5-4-6-13-24)39-31-17-10-9-16-29(31)38-32(35(39)41)30-23-27-14-7-8-15-28(27)37-30/h4-10,12-21,23,33,37H,2-3,11,22H2,1H3,(H,36,40). The summed E-state index contributed by atoms with van der Waals surface area (Å²) in [5.41, 5.74) is 5.62. The molecule has 6 nitrogen and oxygen atoms in total. The lowest BCUT2D eigenvalue weighted by Crippen LogP contribution is -2.39. The second kappa shape index (κ2) is 11.6. The second-order valence-corrected chi connectivity index (χ2v) is 10.3. The maximum atomic E-state index is 14.3. The number of fused-ring (bicyclic) bond motifs is 2. The van der Waals surface area contributed by atoms with Crippen molar-refractivity contribution in [3.63, 3.8) is 0 Å². The van der Waals surface area contributed by atoms with Gasteiger partial charge in [0.25, 0.3) is 5.56 Å². The fourth-order valence-corrected chi connectivity index (χ4v) is 5.38. The molecular formula is C35H32N4O2. The largest absolute Gasteiger partial charge is 0.354 e. The highest BCUT2D eigenvalue weighted by Crippen LogP contribution is 2.28. The SMILES string of the molecule is CCCCCNC(=O)C(c1ccc(-c2ccccc2)cc1)n1c(=O)c(-c2cc3ccccc3[nH]2)nc2ccccc21. The van der Waals surface area contributed by atoms with Crippen LogP contribution in [0.5, 0.6) is 0 Å². The molecule has 0 aliphatic carbocycles. The molecular weight excluding hydrogens is 508 g/mol. The van der Waals surface area contributed by atoms with Gasteiger partial charge < -0.3 is 10.3 Å². The predicted molar refractivity (Wildman–Crippen MR) is 166 cm³/mol. The Hall–Kier alpha value is -4.97. The molecule has 6 rings (SSSR count). The quantitative estimate of drug-likeness (QED) is 0.192. The third-order valence-corrected chi connectivity index (χ3v) is 7.50. The summed E-state index contributed by atoms with van der Waals surface area (Å²) in [5.74, 6) is -0.213. The van der Waals surface area contributed by atoms with Gasteiger partial charge in [-0.3, -0.25) is 14.2 Å². The average molecular weight is 541 g/mol. The number of rotatable bonds is 9. The summed E-state index contributed by atoms with van der Waals surface area (Å²) in [4.78, 5) is 36.4. The molecule has 0 saturated carbocycles. The number of carbonyl (C=O) groups excluding carboxylic acids is 1. The number of aromatic nitrogens is 3. The van der Waals surface area contributed by atoms with Crippen molar-refractivity contribution in [2.24, 2.45) is 0 Å². The van der Waals surface area contributed by atoms with E-state index in [0.717, 1.165) is 46.9 Å². The van der Waals surface area contributed by atoms with Crippen molar-refractivity contribution in [1.29, 1.82) is 0 Å². The van der Waals surface area contributed by atoms with Crippen LogP contribution in [0.2, 0.25) is 0 Å². The highest BCUT2D eigenvalue weighted by molar-refractivity contribution is 5.89. The fraction of sp³-hybridized carbons (Fsp3) is 0.171. The van der Waals surface area contributed by atoms with Gasteiger partial charge in [0.05, 0.1) is 16.7 Å². The van der Waals surface area contributed by atoms with Gasteiger partial charge in [0.2, 0.25) is 5.91 Å². The summed E-state index contributed by atoms with van der Waals surface area (Å²) in [6.07, 6.45) is 2.97. The third kappa shape index (κ3) is 5.29. The molecule has 2 heterocycles. The average Bonchev–Trinajstić information content (AvgIpc) is 3.45. The molecule has 0 aliphatic heterocycles. The number of carbonyl (C=O) groups is 1. The summed E-state index contributed by atoms with van der Waals surface area (Å²) in [5, 5.41) is 4.10. The van der Waals surface area contributed by atoms with Gasteiger partial charge >= 0.3 is 0 Å². The lowest BCUT2D eigenvalue weighted by molar-refractivity contribution is -0.123. The Kier molecular flexibility index (Phi) is 7.46. The summed E-state index contributed by atoms with van der Waals surface area (Å²) in [7, 11) is 0. The van der Waals surface area contributed by atoms with E-state index < -0.39 is 6.04 Å². The number of nitrogens with zero attached hydrogens (tertiary/aromatic N) is 2. The van der Waals surface area contributed by atoms with Gasteiger partial charge in [-0.2, -0.15) is 0 Å². The van der Waals surface area contributed by atoms with E-state index in [-0.39, 0.29) is 17.2 Å². The Morgan fingerprint density at radius 1 is 0.854 bits per heavy atom. The second-order valence-electron chi connectivity index (χ2n) is 10.3. The number of unbranched alkanes of at least 4 members (excludes halogenated alkanes) is 2. The van der Waals surface area contributed by atoms with Crippen molar-refractivity contribution in [3.8, 4) is 22.5 Å². The van der Waals surface area contributed by atoms with Gasteiger partial charge in [-0.05, 0) is 47.4 Å². The first-order valence-electron chi connectivity index (χ1n) is 14.2. The van der Waals surface area contributed by atoms with Crippen LogP contribution >= 0.6 is 0 Å². The number of H-pyrrole nitrogens is 1. The monoisotopic (exact) mass is 540 g/mol. The van der Waals surface area contributed by atoms with E-state index in [1.54, 1.807) is 4.57 Å². The topological polar surface area (TPSA) is 79.8 Å². The van der Waals surface area contributed by atoms with Gasteiger partial charge in [-0.1, -0.05) is 105 Å². The van der Waals surface area contributed by atoms with Crippen LogP contribution in [0.4, 0.5) is 0 Å². The molecule has 41 heavy (non-hydrogen) atoms. The molecule has 6 heteroatoms. The van der Waals surface area contributed by atoms with Crippen LogP contribution in [0.3, 0.4) is 0 Å². The van der Waals surface area contributed by atoms with E-state index in [4.69, 9.17) is 4.98 Å². The minimum Gasteiger partial charge on any atom is -0.354 e. The molecule has 0 fully saturated rings. The van der Waals surface area contributed by atoms with E-state index in [0.29, 0.717) is 23.3 Å². The normalized spacial score (nSPS) is 12.0. The zero-order valence-corrected chi connectivity index (χ0v) is 23.0. The van der Waals surface area contributed by atoms with E-state index in [9.17, 15) is 9.59 Å². The molecule has 0 radical (unpaired) electrons. The van der Waals surface area contributed by atoms with Crippen LogP contribution in [0.25, 0.3) is 44.5 Å². The number of nitrogens with one attached hydrogen (secondary N) is 2. The van der Waals surface area contributed by atoms with E-state index in [1.165, 1.54) is 0 Å². The number of benzene rings is 4. The molecule has 4 aromatic carbocycles. The van der Waals surface area contributed by atoms with Crippen LogP contribution in [0, 0.1) is 0 Å². The van der Waals surface area contributed by atoms with Crippen molar-refractivity contribution in [2.75, 3.05) is 6.54 Å². The Morgan fingerprint density at radius 2 is 1.56 bits per heavy atom. The number of aromatic amines is 1. The number of hydrogen-bond acceptors (Lipinski definition) is 3. The first-order chi connectivity index (χ1) is 20.1. The highest BCUT2D eigenvalue weighted by atomic mass is 16.2. The predicted octanol–water partition coefficient (Wildman–Crippen LogP) is 7.11. The van der Waals surface area contributed by atoms with Crippen LogP contribution < -0.4 is 10.9 Å². The molecule has 2 aromatic heterocycles. The van der Waals surface area contributed by atoms with Crippen molar-refractivity contribution < 1.29 is 4.79 Å². The van der Waals surface area contributed by atoms with Gasteiger partial charge in [0, 0.05) is 17.4 Å². The number of hydrogen-bond donors (Lipinski definition) is 2. The maximum absolute atomic E-state index is 14.3. The molecule has 1 amide bonds. The minimum absolute atomic E-state index is 0.213. The Bertz CT molecular complexity index is 1840. The van der Waals surface area contributed by atoms with Crippen molar-refractivity contribution in [2.45, 2.75) is 32.2 Å². The zero-order valence-electron chi connectivity index (χ0n) is 23.0. The summed E-state index contributed by atoms with van der Waals surface area (Å²) in [6.45, 7) is 2.69. The summed E-state index contributed by atoms with van der Waals surface area (Å²) >= 11 is 0. The molecule has 0 bridgehead atoms. The van der Waals surface area contributed by atoms with Gasteiger partial charge in [-0.25, -0.2) is 4.98 Å². The van der Waals surface area contributed by atoms with Crippen LogP contribution in [-0.4, -0.2) is 27.0 Å². The minimum atomic E-state index is -0.870. The van der Waals surface area contributed by atoms with E-state index in [2.05, 4.69) is 29.4 Å². The molecule has 1 atom stereocenters. The van der Waals surface area contributed by atoms with Gasteiger partial charge in [0.1, 0.15) is 6.04 Å². The molecule has 204 valence electrons. The van der Waals surface area contributed by atoms with E-state index >= 15 is 0 Å². The molecule has 0 aliphatic rings.